The molecular formula is C21H22ClN3O4. The molecule has 0 bridgehead atoms. The third-order valence-corrected chi connectivity index (χ3v) is 4.64. The van der Waals surface area contributed by atoms with Gasteiger partial charge in [0.15, 0.2) is 5.69 Å². The summed E-state index contributed by atoms with van der Waals surface area (Å²) in [6, 6.07) is 10.1. The van der Waals surface area contributed by atoms with E-state index in [1.165, 1.54) is 18.9 Å². The Balaban J connectivity index is 2.10. The standard InChI is InChI=1S/C21H22ClN3O4/c1-12(2)11-25-21(27)14-8-6-5-7-13(14)19(24-25)20(26)23-16-10-17(28-3)15(22)9-18(16)29-4/h5-10,12H,11H2,1-4H3,(H,23,26). The van der Waals surface area contributed by atoms with E-state index in [0.717, 1.165) is 0 Å². The summed E-state index contributed by atoms with van der Waals surface area (Å²) in [5.41, 5.74) is 0.305. The van der Waals surface area contributed by atoms with Crippen molar-refractivity contribution in [1.29, 1.82) is 0 Å². The second-order valence-electron chi connectivity index (χ2n) is 6.92. The van der Waals surface area contributed by atoms with Gasteiger partial charge in [-0.25, -0.2) is 4.68 Å². The van der Waals surface area contributed by atoms with Crippen molar-refractivity contribution in [3.05, 3.63) is 57.5 Å². The Morgan fingerprint density at radius 3 is 2.41 bits per heavy atom. The van der Waals surface area contributed by atoms with Crippen LogP contribution < -0.4 is 20.3 Å². The first-order valence-corrected chi connectivity index (χ1v) is 9.46. The third kappa shape index (κ3) is 4.19. The van der Waals surface area contributed by atoms with E-state index in [-0.39, 0.29) is 17.2 Å². The van der Waals surface area contributed by atoms with Gasteiger partial charge in [-0.05, 0) is 12.0 Å². The van der Waals surface area contributed by atoms with Gasteiger partial charge >= 0.3 is 0 Å². The van der Waals surface area contributed by atoms with Crippen molar-refractivity contribution in [2.45, 2.75) is 20.4 Å². The van der Waals surface area contributed by atoms with Crippen molar-refractivity contribution in [3.63, 3.8) is 0 Å². The number of carbonyl (C=O) groups excluding carboxylic acids is 1. The minimum atomic E-state index is -0.471. The van der Waals surface area contributed by atoms with Crippen LogP contribution in [-0.4, -0.2) is 29.9 Å². The number of halogens is 1. The van der Waals surface area contributed by atoms with Crippen molar-refractivity contribution in [1.82, 2.24) is 9.78 Å². The molecule has 0 aliphatic rings. The Labute approximate surface area is 173 Å². The van der Waals surface area contributed by atoms with Crippen LogP contribution in [0.4, 0.5) is 5.69 Å². The lowest BCUT2D eigenvalue weighted by Crippen LogP contribution is -2.29. The number of nitrogens with zero attached hydrogens (tertiary/aromatic N) is 2. The number of hydrogen-bond acceptors (Lipinski definition) is 5. The Morgan fingerprint density at radius 1 is 1.14 bits per heavy atom. The van der Waals surface area contributed by atoms with E-state index in [2.05, 4.69) is 10.4 Å². The lowest BCUT2D eigenvalue weighted by molar-refractivity contribution is 0.102. The molecule has 0 radical (unpaired) electrons. The first kappa shape index (κ1) is 20.7. The van der Waals surface area contributed by atoms with Crippen LogP contribution in [0.3, 0.4) is 0 Å². The highest BCUT2D eigenvalue weighted by molar-refractivity contribution is 6.32. The van der Waals surface area contributed by atoms with E-state index < -0.39 is 5.91 Å². The van der Waals surface area contributed by atoms with Gasteiger partial charge < -0.3 is 14.8 Å². The summed E-state index contributed by atoms with van der Waals surface area (Å²) in [5.74, 6) is 0.494. The summed E-state index contributed by atoms with van der Waals surface area (Å²) in [4.78, 5) is 25.8. The van der Waals surface area contributed by atoms with Crippen LogP contribution in [0.5, 0.6) is 11.5 Å². The average molecular weight is 416 g/mol. The first-order valence-electron chi connectivity index (χ1n) is 9.08. The summed E-state index contributed by atoms with van der Waals surface area (Å²) in [6.07, 6.45) is 0. The lowest BCUT2D eigenvalue weighted by atomic mass is 10.1. The highest BCUT2D eigenvalue weighted by Crippen LogP contribution is 2.36. The summed E-state index contributed by atoms with van der Waals surface area (Å²) in [7, 11) is 2.96. The molecule has 1 aromatic heterocycles. The van der Waals surface area contributed by atoms with Gasteiger partial charge in [0.25, 0.3) is 11.5 Å². The largest absolute Gasteiger partial charge is 0.495 e. The number of fused-ring (bicyclic) bond motifs is 1. The zero-order valence-electron chi connectivity index (χ0n) is 16.7. The number of benzene rings is 2. The van der Waals surface area contributed by atoms with E-state index in [0.29, 0.717) is 39.5 Å². The molecule has 8 heteroatoms. The van der Waals surface area contributed by atoms with Crippen LogP contribution in [-0.2, 0) is 6.54 Å². The maximum atomic E-state index is 13.1. The molecule has 152 valence electrons. The molecular weight excluding hydrogens is 394 g/mol. The van der Waals surface area contributed by atoms with Gasteiger partial charge in [-0.1, -0.05) is 43.6 Å². The van der Waals surface area contributed by atoms with Crippen molar-refractivity contribution in [2.24, 2.45) is 5.92 Å². The minimum Gasteiger partial charge on any atom is -0.495 e. The summed E-state index contributed by atoms with van der Waals surface area (Å²) >= 11 is 6.13. The van der Waals surface area contributed by atoms with Crippen molar-refractivity contribution < 1.29 is 14.3 Å². The molecule has 1 N–H and O–H groups in total. The predicted octanol–water partition coefficient (Wildman–Crippen LogP) is 3.98. The fourth-order valence-corrected chi connectivity index (χ4v) is 3.24. The maximum Gasteiger partial charge on any atom is 0.276 e. The predicted molar refractivity (Wildman–Crippen MR) is 113 cm³/mol. The van der Waals surface area contributed by atoms with Crippen molar-refractivity contribution in [2.75, 3.05) is 19.5 Å². The van der Waals surface area contributed by atoms with Gasteiger partial charge in [-0.3, -0.25) is 9.59 Å². The quantitative estimate of drug-likeness (QED) is 0.658. The smallest absolute Gasteiger partial charge is 0.276 e. The topological polar surface area (TPSA) is 82.5 Å². The third-order valence-electron chi connectivity index (χ3n) is 4.34. The molecule has 29 heavy (non-hydrogen) atoms. The highest BCUT2D eigenvalue weighted by Gasteiger charge is 2.19. The summed E-state index contributed by atoms with van der Waals surface area (Å²) in [6.45, 7) is 4.36. The number of aromatic nitrogens is 2. The number of hydrogen-bond donors (Lipinski definition) is 1. The van der Waals surface area contributed by atoms with Crippen LogP contribution in [0.2, 0.25) is 5.02 Å². The number of nitrogens with one attached hydrogen (secondary N) is 1. The molecule has 0 atom stereocenters. The Bertz CT molecular complexity index is 1120. The van der Waals surface area contributed by atoms with Gasteiger partial charge in [0.2, 0.25) is 0 Å². The van der Waals surface area contributed by atoms with Crippen LogP contribution in [0.15, 0.2) is 41.2 Å². The number of amides is 1. The maximum absolute atomic E-state index is 13.1. The Kier molecular flexibility index (Phi) is 6.08. The molecule has 3 rings (SSSR count). The van der Waals surface area contributed by atoms with Gasteiger partial charge in [0.1, 0.15) is 11.5 Å². The Hall–Kier alpha value is -3.06. The van der Waals surface area contributed by atoms with Gasteiger partial charge in [0.05, 0.1) is 30.3 Å². The normalized spacial score (nSPS) is 11.0. The average Bonchev–Trinajstić information content (AvgIpc) is 2.70. The molecule has 1 heterocycles. The van der Waals surface area contributed by atoms with Crippen LogP contribution >= 0.6 is 11.6 Å². The molecule has 7 nitrogen and oxygen atoms in total. The van der Waals surface area contributed by atoms with Crippen LogP contribution in [0.25, 0.3) is 10.8 Å². The van der Waals surface area contributed by atoms with Crippen molar-refractivity contribution in [3.8, 4) is 11.5 Å². The number of rotatable bonds is 6. The van der Waals surface area contributed by atoms with E-state index in [1.807, 2.05) is 13.8 Å². The Morgan fingerprint density at radius 2 is 1.79 bits per heavy atom. The molecule has 3 aromatic rings. The first-order chi connectivity index (χ1) is 13.8. The summed E-state index contributed by atoms with van der Waals surface area (Å²) in [5, 5.41) is 8.42. The van der Waals surface area contributed by atoms with Gasteiger partial charge in [0, 0.05) is 24.1 Å². The second kappa shape index (κ2) is 8.53. The van der Waals surface area contributed by atoms with E-state index >= 15 is 0 Å². The van der Waals surface area contributed by atoms with E-state index in [9.17, 15) is 9.59 Å². The molecule has 0 saturated carbocycles. The van der Waals surface area contributed by atoms with Gasteiger partial charge in [-0.15, -0.1) is 0 Å². The molecule has 2 aromatic carbocycles. The fourth-order valence-electron chi connectivity index (χ4n) is 3.01. The van der Waals surface area contributed by atoms with Crippen LogP contribution in [0, 0.1) is 5.92 Å². The molecule has 0 unspecified atom stereocenters. The monoisotopic (exact) mass is 415 g/mol. The van der Waals surface area contributed by atoms with Crippen LogP contribution in [0.1, 0.15) is 24.3 Å². The lowest BCUT2D eigenvalue weighted by Gasteiger charge is -2.15. The van der Waals surface area contributed by atoms with Gasteiger partial charge in [-0.2, -0.15) is 5.10 Å². The van der Waals surface area contributed by atoms with E-state index in [4.69, 9.17) is 21.1 Å². The molecule has 0 saturated heterocycles. The molecule has 0 aliphatic carbocycles. The molecule has 0 aliphatic heterocycles. The highest BCUT2D eigenvalue weighted by atomic mass is 35.5. The molecule has 1 amide bonds. The number of carbonyl (C=O) groups is 1. The second-order valence-corrected chi connectivity index (χ2v) is 7.32. The molecule has 0 fully saturated rings. The zero-order valence-corrected chi connectivity index (χ0v) is 17.4. The number of anilines is 1. The van der Waals surface area contributed by atoms with Crippen molar-refractivity contribution >= 4 is 34.0 Å². The minimum absolute atomic E-state index is 0.150. The number of ether oxygens (including phenoxy) is 2. The SMILES string of the molecule is COc1cc(NC(=O)c2nn(CC(C)C)c(=O)c3ccccc23)c(OC)cc1Cl. The number of methoxy groups -OCH3 is 2. The zero-order chi connectivity index (χ0) is 21.1. The molecule has 0 spiro atoms. The van der Waals surface area contributed by atoms with E-state index in [1.54, 1.807) is 36.4 Å². The fraction of sp³-hybridized carbons (Fsp3) is 0.286. The summed E-state index contributed by atoms with van der Waals surface area (Å²) < 4.78 is 11.9.